The zero-order valence-electron chi connectivity index (χ0n) is 14.5. The van der Waals surface area contributed by atoms with E-state index in [1.807, 2.05) is 31.2 Å². The van der Waals surface area contributed by atoms with E-state index in [-0.39, 0.29) is 11.6 Å². The van der Waals surface area contributed by atoms with Gasteiger partial charge in [0.15, 0.2) is 5.70 Å². The van der Waals surface area contributed by atoms with Gasteiger partial charge in [0, 0.05) is 20.7 Å². The van der Waals surface area contributed by atoms with Crippen LogP contribution in [0.4, 0.5) is 0 Å². The molecule has 2 aromatic carbocycles. The summed E-state index contributed by atoms with van der Waals surface area (Å²) < 4.78 is 11.7. The number of rotatable bonds is 4. The number of halogens is 3. The average molecular weight is 453 g/mol. The van der Waals surface area contributed by atoms with Gasteiger partial charge in [-0.15, -0.1) is 11.3 Å². The number of thiophene rings is 1. The summed E-state index contributed by atoms with van der Waals surface area (Å²) in [5.41, 5.74) is 0.901. The van der Waals surface area contributed by atoms with Gasteiger partial charge in [0.25, 0.3) is 0 Å². The lowest BCUT2D eigenvalue weighted by Crippen LogP contribution is -2.04. The molecule has 0 N–H and O–H groups in total. The summed E-state index contributed by atoms with van der Waals surface area (Å²) in [5, 5.41) is 1.97. The third kappa shape index (κ3) is 3.51. The molecule has 0 fully saturated rings. The molecule has 8 heteroatoms. The molecule has 4 nitrogen and oxygen atoms in total. The van der Waals surface area contributed by atoms with Crippen LogP contribution in [0.3, 0.4) is 0 Å². The molecule has 0 aliphatic carbocycles. The van der Waals surface area contributed by atoms with Gasteiger partial charge in [-0.25, -0.2) is 9.79 Å². The van der Waals surface area contributed by atoms with Gasteiger partial charge in [-0.2, -0.15) is 0 Å². The van der Waals surface area contributed by atoms with Crippen molar-refractivity contribution in [1.29, 1.82) is 0 Å². The van der Waals surface area contributed by atoms with Crippen molar-refractivity contribution in [2.75, 3.05) is 6.61 Å². The van der Waals surface area contributed by atoms with Gasteiger partial charge in [-0.05, 0) is 31.2 Å². The number of ether oxygens (including phenoxy) is 2. The molecule has 0 saturated carbocycles. The van der Waals surface area contributed by atoms with Gasteiger partial charge in [-0.1, -0.05) is 53.0 Å². The van der Waals surface area contributed by atoms with Crippen molar-refractivity contribution >= 4 is 74.2 Å². The van der Waals surface area contributed by atoms with Gasteiger partial charge in [0.05, 0.1) is 16.7 Å². The Morgan fingerprint density at radius 2 is 2.00 bits per heavy atom. The van der Waals surface area contributed by atoms with Crippen LogP contribution in [0.15, 0.2) is 47.1 Å². The quantitative estimate of drug-likeness (QED) is 0.331. The molecule has 0 bridgehead atoms. The first-order chi connectivity index (χ1) is 13.5. The largest absolute Gasteiger partial charge is 0.493 e. The molecule has 0 atom stereocenters. The van der Waals surface area contributed by atoms with Gasteiger partial charge in [0.1, 0.15) is 10.6 Å². The second-order valence-corrected chi connectivity index (χ2v) is 8.09. The highest BCUT2D eigenvalue weighted by Crippen LogP contribution is 2.42. The van der Waals surface area contributed by atoms with Crippen LogP contribution < -0.4 is 4.74 Å². The fourth-order valence-corrected chi connectivity index (χ4v) is 5.09. The van der Waals surface area contributed by atoms with Crippen molar-refractivity contribution in [2.45, 2.75) is 6.92 Å². The lowest BCUT2D eigenvalue weighted by atomic mass is 10.1. The standard InChI is InChI=1S/C20H12Cl3NO3S/c1-2-26-14-6-4-3-5-10(14)7-13-20(25)27-19(24-13)18-17(23)16-12(22)8-11(21)9-15(16)28-18/h3-9H,2H2,1H3/b13-7-. The molecule has 0 spiro atoms. The predicted molar refractivity (Wildman–Crippen MR) is 115 cm³/mol. The minimum Gasteiger partial charge on any atom is -0.493 e. The van der Waals surface area contributed by atoms with Crippen molar-refractivity contribution in [1.82, 2.24) is 0 Å². The zero-order valence-corrected chi connectivity index (χ0v) is 17.5. The van der Waals surface area contributed by atoms with Gasteiger partial charge < -0.3 is 9.47 Å². The second-order valence-electron chi connectivity index (χ2n) is 5.81. The van der Waals surface area contributed by atoms with Crippen molar-refractivity contribution in [3.63, 3.8) is 0 Å². The van der Waals surface area contributed by atoms with E-state index in [4.69, 9.17) is 44.3 Å². The summed E-state index contributed by atoms with van der Waals surface area (Å²) in [6, 6.07) is 10.8. The SMILES string of the molecule is CCOc1ccccc1/C=C1\N=C(c2sc3cc(Cl)cc(Cl)c3c2Cl)OC1=O. The highest BCUT2D eigenvalue weighted by Gasteiger charge is 2.29. The van der Waals surface area contributed by atoms with Gasteiger partial charge >= 0.3 is 5.97 Å². The number of fused-ring (bicyclic) bond motifs is 1. The molecular formula is C20H12Cl3NO3S. The summed E-state index contributed by atoms with van der Waals surface area (Å²) >= 11 is 20.1. The summed E-state index contributed by atoms with van der Waals surface area (Å²) in [6.45, 7) is 2.41. The molecule has 0 saturated heterocycles. The Labute approximate surface area is 179 Å². The fourth-order valence-electron chi connectivity index (χ4n) is 2.79. The van der Waals surface area contributed by atoms with Crippen LogP contribution >= 0.6 is 46.1 Å². The number of esters is 1. The third-order valence-corrected chi connectivity index (χ3v) is 6.11. The van der Waals surface area contributed by atoms with Gasteiger partial charge in [0.2, 0.25) is 5.90 Å². The third-order valence-electron chi connectivity index (χ3n) is 3.98. The molecule has 0 unspecified atom stereocenters. The van der Waals surface area contributed by atoms with Crippen LogP contribution in [0.1, 0.15) is 17.4 Å². The summed E-state index contributed by atoms with van der Waals surface area (Å²) in [6.07, 6.45) is 1.63. The normalized spacial score (nSPS) is 15.2. The van der Waals surface area contributed by atoms with E-state index in [9.17, 15) is 4.79 Å². The van der Waals surface area contributed by atoms with E-state index in [0.717, 1.165) is 10.3 Å². The van der Waals surface area contributed by atoms with Crippen LogP contribution in [0, 0.1) is 0 Å². The first-order valence-corrected chi connectivity index (χ1v) is 10.2. The van der Waals surface area contributed by atoms with Crippen LogP contribution in [-0.2, 0) is 9.53 Å². The fraction of sp³-hybridized carbons (Fsp3) is 0.100. The van der Waals surface area contributed by atoms with E-state index >= 15 is 0 Å². The molecular weight excluding hydrogens is 441 g/mol. The van der Waals surface area contributed by atoms with Crippen molar-refractivity contribution < 1.29 is 14.3 Å². The first kappa shape index (κ1) is 19.3. The van der Waals surface area contributed by atoms with Gasteiger partial charge in [-0.3, -0.25) is 0 Å². The summed E-state index contributed by atoms with van der Waals surface area (Å²) in [5.74, 6) is 0.248. The Kier molecular flexibility index (Phi) is 5.34. The summed E-state index contributed by atoms with van der Waals surface area (Å²) in [7, 11) is 0. The Balaban J connectivity index is 1.77. The first-order valence-electron chi connectivity index (χ1n) is 8.29. The van der Waals surface area contributed by atoms with E-state index in [1.165, 1.54) is 11.3 Å². The molecule has 1 aromatic heterocycles. The Hall–Kier alpha value is -2.05. The smallest absolute Gasteiger partial charge is 0.363 e. The maximum Gasteiger partial charge on any atom is 0.363 e. The Morgan fingerprint density at radius 1 is 1.21 bits per heavy atom. The van der Waals surface area contributed by atoms with E-state index in [0.29, 0.717) is 37.7 Å². The van der Waals surface area contributed by atoms with Crippen LogP contribution in [0.5, 0.6) is 5.75 Å². The second kappa shape index (κ2) is 7.76. The van der Waals surface area contributed by atoms with Crippen molar-refractivity contribution in [2.24, 2.45) is 4.99 Å². The topological polar surface area (TPSA) is 47.9 Å². The molecule has 1 aliphatic rings. The minimum absolute atomic E-state index is 0.142. The zero-order chi connectivity index (χ0) is 19.8. The minimum atomic E-state index is -0.557. The number of benzene rings is 2. The molecule has 0 amide bonds. The highest BCUT2D eigenvalue weighted by molar-refractivity contribution is 7.21. The number of carbonyl (C=O) groups is 1. The van der Waals surface area contributed by atoms with Crippen molar-refractivity contribution in [3.8, 4) is 5.75 Å². The Bertz CT molecular complexity index is 1170. The molecule has 0 radical (unpaired) electrons. The maximum absolute atomic E-state index is 12.3. The molecule has 1 aliphatic heterocycles. The molecule has 2 heterocycles. The van der Waals surface area contributed by atoms with Crippen LogP contribution in [-0.4, -0.2) is 18.5 Å². The number of aliphatic imine (C=N–C) groups is 1. The number of nitrogens with zero attached hydrogens (tertiary/aromatic N) is 1. The monoisotopic (exact) mass is 451 g/mol. The van der Waals surface area contributed by atoms with E-state index in [2.05, 4.69) is 4.99 Å². The van der Waals surface area contributed by atoms with Crippen molar-refractivity contribution in [3.05, 3.63) is 67.6 Å². The molecule has 3 aromatic rings. The number of hydrogen-bond acceptors (Lipinski definition) is 5. The number of carbonyl (C=O) groups excluding carboxylic acids is 1. The predicted octanol–water partition coefficient (Wildman–Crippen LogP) is 6.60. The van der Waals surface area contributed by atoms with Crippen LogP contribution in [0.25, 0.3) is 16.2 Å². The summed E-state index contributed by atoms with van der Waals surface area (Å²) in [4.78, 5) is 17.2. The highest BCUT2D eigenvalue weighted by atomic mass is 35.5. The number of hydrogen-bond donors (Lipinski definition) is 0. The van der Waals surface area contributed by atoms with E-state index in [1.54, 1.807) is 18.2 Å². The Morgan fingerprint density at radius 3 is 2.79 bits per heavy atom. The average Bonchev–Trinajstić information content (AvgIpc) is 3.17. The lowest BCUT2D eigenvalue weighted by molar-refractivity contribution is -0.129. The maximum atomic E-state index is 12.3. The number of para-hydroxylation sites is 1. The van der Waals surface area contributed by atoms with Crippen LogP contribution in [0.2, 0.25) is 15.1 Å². The lowest BCUT2D eigenvalue weighted by Gasteiger charge is -2.06. The molecule has 142 valence electrons. The number of cyclic esters (lactones) is 1. The molecule has 28 heavy (non-hydrogen) atoms. The van der Waals surface area contributed by atoms with E-state index < -0.39 is 5.97 Å². The molecule has 4 rings (SSSR count).